The second kappa shape index (κ2) is 6.60. The number of methoxy groups -OCH3 is 1. The molecular weight excluding hydrogens is 224 g/mol. The normalized spacial score (nSPS) is 14.3. The zero-order valence-electron chi connectivity index (χ0n) is 11.6. The minimum absolute atomic E-state index is 0.466. The molecule has 0 aliphatic rings. The third-order valence-corrected chi connectivity index (χ3v) is 3.00. The predicted molar refractivity (Wildman–Crippen MR) is 75.9 cm³/mol. The van der Waals surface area contributed by atoms with Gasteiger partial charge in [-0.05, 0) is 36.5 Å². The third kappa shape index (κ3) is 4.53. The van der Waals surface area contributed by atoms with E-state index in [1.165, 1.54) is 0 Å². The van der Waals surface area contributed by atoms with E-state index in [1.54, 1.807) is 13.2 Å². The lowest BCUT2D eigenvalue weighted by Crippen LogP contribution is -2.32. The summed E-state index contributed by atoms with van der Waals surface area (Å²) in [5, 5.41) is 10.7. The van der Waals surface area contributed by atoms with Gasteiger partial charge in [-0.15, -0.1) is 6.58 Å². The molecule has 0 amide bonds. The van der Waals surface area contributed by atoms with Crippen LogP contribution in [0.3, 0.4) is 0 Å². The third-order valence-electron chi connectivity index (χ3n) is 3.00. The Morgan fingerprint density at radius 3 is 2.39 bits per heavy atom. The molecule has 1 N–H and O–H groups in total. The number of hydrogen-bond donors (Lipinski definition) is 1. The summed E-state index contributed by atoms with van der Waals surface area (Å²) >= 11 is 0. The fourth-order valence-electron chi connectivity index (χ4n) is 2.38. The number of hydrogen-bond acceptors (Lipinski definition) is 2. The second-order valence-corrected chi connectivity index (χ2v) is 5.34. The van der Waals surface area contributed by atoms with Gasteiger partial charge in [0.1, 0.15) is 5.75 Å². The van der Waals surface area contributed by atoms with E-state index >= 15 is 0 Å². The van der Waals surface area contributed by atoms with Crippen molar-refractivity contribution in [3.63, 3.8) is 0 Å². The molecule has 0 radical (unpaired) electrons. The van der Waals surface area contributed by atoms with Gasteiger partial charge in [0.2, 0.25) is 0 Å². The highest BCUT2D eigenvalue weighted by atomic mass is 16.5. The molecular formula is C16H24O2. The lowest BCUT2D eigenvalue weighted by molar-refractivity contribution is 0.0228. The van der Waals surface area contributed by atoms with E-state index in [0.717, 1.165) is 17.7 Å². The lowest BCUT2D eigenvalue weighted by atomic mass is 9.84. The van der Waals surface area contributed by atoms with Crippen LogP contribution in [0.5, 0.6) is 5.75 Å². The quantitative estimate of drug-likeness (QED) is 0.747. The minimum atomic E-state index is -0.690. The first-order chi connectivity index (χ1) is 8.49. The number of rotatable bonds is 7. The van der Waals surface area contributed by atoms with E-state index in [1.807, 2.05) is 24.3 Å². The number of aliphatic hydroxyl groups is 1. The zero-order valence-corrected chi connectivity index (χ0v) is 11.6. The predicted octanol–water partition coefficient (Wildman–Crippen LogP) is 3.59. The molecule has 1 atom stereocenters. The van der Waals surface area contributed by atoms with Gasteiger partial charge in [0.25, 0.3) is 0 Å². The molecule has 0 aliphatic heterocycles. The summed E-state index contributed by atoms with van der Waals surface area (Å²) in [5.74, 6) is 1.31. The van der Waals surface area contributed by atoms with Crippen LogP contribution < -0.4 is 4.74 Å². The highest BCUT2D eigenvalue weighted by Crippen LogP contribution is 2.26. The molecule has 0 heterocycles. The average Bonchev–Trinajstić information content (AvgIpc) is 2.28. The molecule has 2 heteroatoms. The van der Waals surface area contributed by atoms with E-state index in [0.29, 0.717) is 18.8 Å². The summed E-state index contributed by atoms with van der Waals surface area (Å²) in [6.45, 7) is 8.00. The van der Waals surface area contributed by atoms with E-state index in [-0.39, 0.29) is 0 Å². The molecule has 1 unspecified atom stereocenters. The molecule has 0 spiro atoms. The molecule has 1 rings (SSSR count). The summed E-state index contributed by atoms with van der Waals surface area (Å²) in [6, 6.07) is 7.87. The molecule has 0 aromatic heterocycles. The van der Waals surface area contributed by atoms with Crippen molar-refractivity contribution in [1.82, 2.24) is 0 Å². The van der Waals surface area contributed by atoms with Gasteiger partial charge in [0.05, 0.1) is 12.7 Å². The van der Waals surface area contributed by atoms with Crippen molar-refractivity contribution in [2.45, 2.75) is 38.7 Å². The highest BCUT2D eigenvalue weighted by molar-refractivity contribution is 5.28. The molecule has 0 saturated carbocycles. The standard InChI is InChI=1S/C16H24O2/c1-5-10-16(17,11-13(2)3)12-14-6-8-15(18-4)9-7-14/h5-9,13,17H,1,10-12H2,2-4H3. The van der Waals surface area contributed by atoms with Gasteiger partial charge in [-0.1, -0.05) is 32.1 Å². The van der Waals surface area contributed by atoms with Gasteiger partial charge < -0.3 is 9.84 Å². The summed E-state index contributed by atoms with van der Waals surface area (Å²) in [7, 11) is 1.65. The first-order valence-electron chi connectivity index (χ1n) is 6.45. The molecule has 2 nitrogen and oxygen atoms in total. The highest BCUT2D eigenvalue weighted by Gasteiger charge is 2.26. The van der Waals surface area contributed by atoms with Gasteiger partial charge >= 0.3 is 0 Å². The van der Waals surface area contributed by atoms with Crippen LogP contribution in [0.25, 0.3) is 0 Å². The van der Waals surface area contributed by atoms with E-state index in [9.17, 15) is 5.11 Å². The van der Waals surface area contributed by atoms with E-state index in [4.69, 9.17) is 4.74 Å². The summed E-state index contributed by atoms with van der Waals surface area (Å²) in [4.78, 5) is 0. The Bertz CT molecular complexity index is 367. The Morgan fingerprint density at radius 2 is 1.94 bits per heavy atom. The molecule has 0 aliphatic carbocycles. The Balaban J connectivity index is 2.78. The Labute approximate surface area is 110 Å². The maximum absolute atomic E-state index is 10.7. The molecule has 100 valence electrons. The van der Waals surface area contributed by atoms with Gasteiger partial charge in [0.15, 0.2) is 0 Å². The van der Waals surface area contributed by atoms with Crippen molar-refractivity contribution in [3.05, 3.63) is 42.5 Å². The molecule has 18 heavy (non-hydrogen) atoms. The van der Waals surface area contributed by atoms with Crippen LogP contribution >= 0.6 is 0 Å². The van der Waals surface area contributed by atoms with Gasteiger partial charge in [-0.2, -0.15) is 0 Å². The molecule has 1 aromatic rings. The molecule has 1 aromatic carbocycles. The maximum atomic E-state index is 10.7. The van der Waals surface area contributed by atoms with Crippen LogP contribution in [0.2, 0.25) is 0 Å². The van der Waals surface area contributed by atoms with Crippen LogP contribution in [0.15, 0.2) is 36.9 Å². The maximum Gasteiger partial charge on any atom is 0.118 e. The van der Waals surface area contributed by atoms with Crippen LogP contribution in [-0.4, -0.2) is 17.8 Å². The first kappa shape index (κ1) is 14.8. The number of ether oxygens (including phenoxy) is 1. The van der Waals surface area contributed by atoms with Crippen molar-refractivity contribution in [2.24, 2.45) is 5.92 Å². The Hall–Kier alpha value is -1.28. The van der Waals surface area contributed by atoms with Crippen molar-refractivity contribution < 1.29 is 9.84 Å². The first-order valence-corrected chi connectivity index (χ1v) is 6.45. The fraction of sp³-hybridized carbons (Fsp3) is 0.500. The van der Waals surface area contributed by atoms with Crippen molar-refractivity contribution in [3.8, 4) is 5.75 Å². The average molecular weight is 248 g/mol. The van der Waals surface area contributed by atoms with E-state index in [2.05, 4.69) is 20.4 Å². The fourth-order valence-corrected chi connectivity index (χ4v) is 2.38. The smallest absolute Gasteiger partial charge is 0.118 e. The summed E-state index contributed by atoms with van der Waals surface area (Å²) in [6.07, 6.45) is 3.86. The van der Waals surface area contributed by atoms with Crippen LogP contribution in [0.1, 0.15) is 32.3 Å². The minimum Gasteiger partial charge on any atom is -0.497 e. The van der Waals surface area contributed by atoms with Crippen LogP contribution in [0, 0.1) is 5.92 Å². The lowest BCUT2D eigenvalue weighted by Gasteiger charge is -2.29. The van der Waals surface area contributed by atoms with E-state index < -0.39 is 5.60 Å². The van der Waals surface area contributed by atoms with Gasteiger partial charge in [-0.3, -0.25) is 0 Å². The second-order valence-electron chi connectivity index (χ2n) is 5.34. The van der Waals surface area contributed by atoms with Crippen molar-refractivity contribution in [1.29, 1.82) is 0 Å². The van der Waals surface area contributed by atoms with Crippen LogP contribution in [-0.2, 0) is 6.42 Å². The van der Waals surface area contributed by atoms with Crippen molar-refractivity contribution >= 4 is 0 Å². The largest absolute Gasteiger partial charge is 0.497 e. The number of benzene rings is 1. The monoisotopic (exact) mass is 248 g/mol. The van der Waals surface area contributed by atoms with Crippen LogP contribution in [0.4, 0.5) is 0 Å². The molecule has 0 saturated heterocycles. The topological polar surface area (TPSA) is 29.5 Å². The SMILES string of the molecule is C=CCC(O)(Cc1ccc(OC)cc1)CC(C)C. The zero-order chi connectivity index (χ0) is 13.6. The molecule has 0 fully saturated rings. The molecule has 0 bridgehead atoms. The summed E-state index contributed by atoms with van der Waals surface area (Å²) < 4.78 is 5.13. The Morgan fingerprint density at radius 1 is 1.33 bits per heavy atom. The summed E-state index contributed by atoms with van der Waals surface area (Å²) in [5.41, 5.74) is 0.436. The van der Waals surface area contributed by atoms with Crippen molar-refractivity contribution in [2.75, 3.05) is 7.11 Å². The Kier molecular flexibility index (Phi) is 5.42. The van der Waals surface area contributed by atoms with Gasteiger partial charge in [0, 0.05) is 6.42 Å². The van der Waals surface area contributed by atoms with Gasteiger partial charge in [-0.25, -0.2) is 0 Å².